The molecule has 3 aromatic heterocycles. The Hall–Kier alpha value is -4.74. The number of morpholine rings is 1. The molecule has 15 heteroatoms. The molecule has 2 amide bonds. The number of anilines is 2. The van der Waals surface area contributed by atoms with Crippen LogP contribution >= 0.6 is 11.6 Å². The molecular weight excluding hydrogens is 576 g/mol. The lowest BCUT2D eigenvalue weighted by atomic mass is 9.97. The SMILES string of the molecule is C[C@H]1COCCN1c1cc(NC(=O)Cn2cc(C3C#CC(F)=C(O)C(C(N)=O)=C3)c3c(=O)n(C)cnc32)c(Cl)c(F)n1. The van der Waals surface area contributed by atoms with E-state index >= 15 is 0 Å². The Morgan fingerprint density at radius 2 is 2.12 bits per heavy atom. The normalized spacial score (nSPS) is 18.8. The first-order valence-corrected chi connectivity index (χ1v) is 13.0. The number of carbonyl (C=O) groups is 2. The maximum Gasteiger partial charge on any atom is 0.262 e. The van der Waals surface area contributed by atoms with Crippen LogP contribution in [-0.2, 0) is 27.9 Å². The third-order valence-electron chi connectivity index (χ3n) is 6.85. The van der Waals surface area contributed by atoms with E-state index in [1.165, 1.54) is 34.8 Å². The van der Waals surface area contributed by atoms with Crippen LogP contribution in [0, 0.1) is 17.8 Å². The predicted octanol–water partition coefficient (Wildman–Crippen LogP) is 2.04. The molecule has 1 saturated heterocycles. The fraction of sp³-hybridized carbons (Fsp3) is 0.296. The zero-order chi connectivity index (χ0) is 30.3. The van der Waals surface area contributed by atoms with E-state index in [2.05, 4.69) is 27.1 Å². The Bertz CT molecular complexity index is 1820. The van der Waals surface area contributed by atoms with Crippen molar-refractivity contribution in [3.05, 3.63) is 68.7 Å². The van der Waals surface area contributed by atoms with E-state index in [-0.39, 0.29) is 39.2 Å². The van der Waals surface area contributed by atoms with Crippen LogP contribution < -0.4 is 21.5 Å². The molecule has 0 bridgehead atoms. The number of pyridine rings is 1. The summed E-state index contributed by atoms with van der Waals surface area (Å²) in [5.41, 5.74) is 4.56. The van der Waals surface area contributed by atoms with Gasteiger partial charge in [0.05, 0.1) is 48.1 Å². The van der Waals surface area contributed by atoms with E-state index in [4.69, 9.17) is 22.1 Å². The van der Waals surface area contributed by atoms with Gasteiger partial charge in [0.2, 0.25) is 17.7 Å². The Morgan fingerprint density at radius 3 is 2.83 bits per heavy atom. The summed E-state index contributed by atoms with van der Waals surface area (Å²) in [6.45, 7) is 2.81. The Morgan fingerprint density at radius 1 is 1.36 bits per heavy atom. The van der Waals surface area contributed by atoms with Crippen LogP contribution in [0.2, 0.25) is 5.02 Å². The summed E-state index contributed by atoms with van der Waals surface area (Å²) in [5.74, 6) is -1.10. The zero-order valence-electron chi connectivity index (χ0n) is 22.3. The number of hydrogen-bond donors (Lipinski definition) is 3. The Kier molecular flexibility index (Phi) is 7.72. The number of ether oxygens (including phenoxy) is 1. The Balaban J connectivity index is 1.51. The number of aromatic nitrogens is 4. The van der Waals surface area contributed by atoms with Crippen molar-refractivity contribution < 1.29 is 28.2 Å². The lowest BCUT2D eigenvalue weighted by Crippen LogP contribution is -2.44. The summed E-state index contributed by atoms with van der Waals surface area (Å²) in [6, 6.07) is 1.37. The first kappa shape index (κ1) is 28.8. The maximum absolute atomic E-state index is 14.7. The van der Waals surface area contributed by atoms with Crippen molar-refractivity contribution in [1.82, 2.24) is 19.1 Å². The van der Waals surface area contributed by atoms with Crippen LogP contribution in [-0.4, -0.2) is 61.8 Å². The van der Waals surface area contributed by atoms with E-state index in [0.29, 0.717) is 19.8 Å². The summed E-state index contributed by atoms with van der Waals surface area (Å²) in [4.78, 5) is 48.3. The average Bonchev–Trinajstić information content (AvgIpc) is 3.23. The predicted molar refractivity (Wildman–Crippen MR) is 149 cm³/mol. The monoisotopic (exact) mass is 599 g/mol. The molecule has 0 spiro atoms. The van der Waals surface area contributed by atoms with E-state index in [9.17, 15) is 28.3 Å². The van der Waals surface area contributed by atoms with Crippen molar-refractivity contribution in [3.8, 4) is 11.8 Å². The molecule has 1 aliphatic carbocycles. The van der Waals surface area contributed by atoms with E-state index in [0.717, 1.165) is 6.08 Å². The van der Waals surface area contributed by atoms with Gasteiger partial charge < -0.3 is 34.9 Å². The molecule has 0 saturated carbocycles. The van der Waals surface area contributed by atoms with Crippen molar-refractivity contribution >= 4 is 46.0 Å². The van der Waals surface area contributed by atoms with Gasteiger partial charge in [-0.1, -0.05) is 17.5 Å². The number of amides is 2. The molecule has 1 aliphatic heterocycles. The fourth-order valence-electron chi connectivity index (χ4n) is 4.76. The lowest BCUT2D eigenvalue weighted by Gasteiger charge is -2.34. The highest BCUT2D eigenvalue weighted by Gasteiger charge is 2.27. The molecule has 0 aromatic carbocycles. The van der Waals surface area contributed by atoms with E-state index in [1.54, 1.807) is 0 Å². The van der Waals surface area contributed by atoms with Crippen molar-refractivity contribution in [2.45, 2.75) is 25.4 Å². The maximum atomic E-state index is 14.7. The van der Waals surface area contributed by atoms with Gasteiger partial charge >= 0.3 is 0 Å². The standard InChI is InChI=1S/C27H24ClF2N7O5/c1-13-11-42-6-5-37(13)19-8-18(22(28)24(30)34-19)33-20(38)10-36-9-16(21-26(36)32-12-35(2)27(21)41)14-3-4-17(29)23(39)15(7-14)25(31)40/h7-9,12-14,39H,5-6,10-11H2,1-2H3,(H2,31,40)(H,33,34,38)/t13-,14?/m0/s1. The number of allylic oxidation sites excluding steroid dienone is 2. The number of nitrogens with one attached hydrogen (secondary N) is 1. The second kappa shape index (κ2) is 11.3. The number of aliphatic hydroxyl groups excluding tert-OH is 1. The first-order chi connectivity index (χ1) is 20.0. The number of hydrogen-bond acceptors (Lipinski definition) is 8. The minimum absolute atomic E-state index is 0.0101. The Labute approximate surface area is 242 Å². The number of fused-ring (bicyclic) bond motifs is 1. The molecule has 0 radical (unpaired) electrons. The highest BCUT2D eigenvalue weighted by Crippen LogP contribution is 2.31. The fourth-order valence-corrected chi connectivity index (χ4v) is 4.90. The average molecular weight is 600 g/mol. The number of aryl methyl sites for hydroxylation is 1. The highest BCUT2D eigenvalue weighted by atomic mass is 35.5. The summed E-state index contributed by atoms with van der Waals surface area (Å²) in [5, 5.41) is 12.3. The summed E-state index contributed by atoms with van der Waals surface area (Å²) < 4.78 is 36.9. The lowest BCUT2D eigenvalue weighted by molar-refractivity contribution is -0.117. The van der Waals surface area contributed by atoms with Crippen molar-refractivity contribution in [2.75, 3.05) is 30.0 Å². The third-order valence-corrected chi connectivity index (χ3v) is 7.21. The minimum Gasteiger partial charge on any atom is -0.504 e. The summed E-state index contributed by atoms with van der Waals surface area (Å²) in [6.07, 6.45) is 3.80. The van der Waals surface area contributed by atoms with Gasteiger partial charge in [0.25, 0.3) is 11.5 Å². The molecule has 4 heterocycles. The molecule has 12 nitrogen and oxygen atoms in total. The molecule has 1 unspecified atom stereocenters. The molecule has 3 aromatic rings. The van der Waals surface area contributed by atoms with E-state index < -0.39 is 52.9 Å². The number of nitrogens with zero attached hydrogens (tertiary/aromatic N) is 5. The number of carbonyl (C=O) groups excluding carboxylic acids is 2. The molecule has 2 aliphatic rings. The number of nitrogens with two attached hydrogens (primary N) is 1. The largest absolute Gasteiger partial charge is 0.504 e. The van der Waals surface area contributed by atoms with Crippen molar-refractivity contribution in [3.63, 3.8) is 0 Å². The van der Waals surface area contributed by atoms with Crippen LogP contribution in [0.4, 0.5) is 20.3 Å². The number of aliphatic hydroxyl groups is 1. The minimum atomic E-state index is -1.26. The van der Waals surface area contributed by atoms with Crippen LogP contribution in [0.3, 0.4) is 0 Å². The topological polar surface area (TPSA) is 158 Å². The van der Waals surface area contributed by atoms with Crippen molar-refractivity contribution in [2.24, 2.45) is 12.8 Å². The summed E-state index contributed by atoms with van der Waals surface area (Å²) >= 11 is 6.13. The second-order valence-electron chi connectivity index (χ2n) is 9.72. The smallest absolute Gasteiger partial charge is 0.262 e. The molecule has 218 valence electrons. The first-order valence-electron chi connectivity index (χ1n) is 12.6. The van der Waals surface area contributed by atoms with Gasteiger partial charge in [0, 0.05) is 31.4 Å². The van der Waals surface area contributed by atoms with Gasteiger partial charge in [-0.05, 0) is 18.9 Å². The van der Waals surface area contributed by atoms with Gasteiger partial charge in [0.15, 0.2) is 5.76 Å². The molecular formula is C27H24ClF2N7O5. The molecule has 42 heavy (non-hydrogen) atoms. The number of halogens is 3. The van der Waals surface area contributed by atoms with Gasteiger partial charge in [-0.2, -0.15) is 8.78 Å². The van der Waals surface area contributed by atoms with Gasteiger partial charge in [-0.3, -0.25) is 14.4 Å². The van der Waals surface area contributed by atoms with Gasteiger partial charge in [0.1, 0.15) is 23.0 Å². The second-order valence-corrected chi connectivity index (χ2v) is 10.1. The molecule has 4 N–H and O–H groups in total. The van der Waals surface area contributed by atoms with Crippen LogP contribution in [0.5, 0.6) is 0 Å². The van der Waals surface area contributed by atoms with Gasteiger partial charge in [-0.25, -0.2) is 9.97 Å². The highest BCUT2D eigenvalue weighted by molar-refractivity contribution is 6.33. The summed E-state index contributed by atoms with van der Waals surface area (Å²) in [7, 11) is 1.46. The third kappa shape index (κ3) is 5.31. The molecule has 2 atom stereocenters. The zero-order valence-corrected chi connectivity index (χ0v) is 23.1. The molecule has 1 fully saturated rings. The van der Waals surface area contributed by atoms with Crippen LogP contribution in [0.1, 0.15) is 18.4 Å². The quantitative estimate of drug-likeness (QED) is 0.287. The van der Waals surface area contributed by atoms with Crippen LogP contribution in [0.25, 0.3) is 11.0 Å². The number of rotatable bonds is 6. The van der Waals surface area contributed by atoms with Crippen molar-refractivity contribution in [1.29, 1.82) is 0 Å². The van der Waals surface area contributed by atoms with Crippen LogP contribution in [0.15, 0.2) is 46.6 Å². The van der Waals surface area contributed by atoms with E-state index in [1.807, 2.05) is 11.8 Å². The van der Waals surface area contributed by atoms with Gasteiger partial charge in [-0.15, -0.1) is 0 Å². The molecule has 5 rings (SSSR count). The number of primary amides is 1.